The Balaban J connectivity index is 1.91. The molecule has 0 bridgehead atoms. The second-order valence-corrected chi connectivity index (χ2v) is 5.50. The van der Waals surface area contributed by atoms with E-state index >= 15 is 0 Å². The molecule has 2 rings (SSSR count). The van der Waals surface area contributed by atoms with E-state index in [4.69, 9.17) is 9.84 Å². The summed E-state index contributed by atoms with van der Waals surface area (Å²) in [6.07, 6.45) is 3.44. The molecule has 21 heavy (non-hydrogen) atoms. The zero-order chi connectivity index (χ0) is 15.1. The zero-order valence-corrected chi connectivity index (χ0v) is 12.2. The van der Waals surface area contributed by atoms with Crippen molar-refractivity contribution in [2.45, 2.75) is 19.8 Å². The van der Waals surface area contributed by atoms with Crippen LogP contribution < -0.4 is 5.32 Å². The van der Waals surface area contributed by atoms with Gasteiger partial charge in [0.2, 0.25) is 0 Å². The van der Waals surface area contributed by atoms with E-state index in [9.17, 15) is 4.79 Å². The van der Waals surface area contributed by atoms with Crippen LogP contribution in [0.4, 0.5) is 0 Å². The first-order valence-corrected chi connectivity index (χ1v) is 7.05. The minimum atomic E-state index is -0.190. The first kappa shape index (κ1) is 15.5. The minimum Gasteiger partial charge on any atom is -0.384 e. The smallest absolute Gasteiger partial charge is 0.269 e. The number of carbonyl (C=O) groups excluding carboxylic acids is 1. The fourth-order valence-electron chi connectivity index (χ4n) is 2.17. The van der Waals surface area contributed by atoms with E-state index in [1.165, 1.54) is 6.20 Å². The lowest BCUT2D eigenvalue weighted by Crippen LogP contribution is -2.39. The summed E-state index contributed by atoms with van der Waals surface area (Å²) in [7, 11) is 0. The Morgan fingerprint density at radius 1 is 1.48 bits per heavy atom. The number of hydrogen-bond acceptors (Lipinski definition) is 4. The minimum absolute atomic E-state index is 0.0977. The number of rotatable bonds is 3. The van der Waals surface area contributed by atoms with Gasteiger partial charge in [0, 0.05) is 31.5 Å². The van der Waals surface area contributed by atoms with Gasteiger partial charge in [-0.25, -0.2) is 4.98 Å². The highest BCUT2D eigenvalue weighted by Gasteiger charge is 2.27. The van der Waals surface area contributed by atoms with Crippen LogP contribution in [-0.4, -0.2) is 42.4 Å². The van der Waals surface area contributed by atoms with Crippen molar-refractivity contribution in [3.63, 3.8) is 0 Å². The molecule has 2 heterocycles. The van der Waals surface area contributed by atoms with Crippen molar-refractivity contribution >= 4 is 5.91 Å². The highest BCUT2D eigenvalue weighted by atomic mass is 16.5. The Bertz CT molecular complexity index is 537. The summed E-state index contributed by atoms with van der Waals surface area (Å²) in [6.45, 7) is 4.11. The molecule has 0 spiro atoms. The quantitative estimate of drug-likeness (QED) is 0.813. The predicted molar refractivity (Wildman–Crippen MR) is 78.7 cm³/mol. The molecule has 0 saturated carbocycles. The van der Waals surface area contributed by atoms with Gasteiger partial charge in [0.1, 0.15) is 12.3 Å². The largest absolute Gasteiger partial charge is 0.384 e. The fraction of sp³-hybridized carbons (Fsp3) is 0.500. The predicted octanol–water partition coefficient (Wildman–Crippen LogP) is 0.972. The maximum atomic E-state index is 12.1. The van der Waals surface area contributed by atoms with Crippen LogP contribution in [0.25, 0.3) is 0 Å². The summed E-state index contributed by atoms with van der Waals surface area (Å²) < 4.78 is 5.35. The molecule has 1 aliphatic heterocycles. The topological polar surface area (TPSA) is 71.5 Å². The monoisotopic (exact) mass is 288 g/mol. The van der Waals surface area contributed by atoms with Crippen LogP contribution in [0.3, 0.4) is 0 Å². The van der Waals surface area contributed by atoms with Gasteiger partial charge in [0.25, 0.3) is 5.91 Å². The highest BCUT2D eigenvalue weighted by Crippen LogP contribution is 2.28. The number of hydrogen-bond donors (Lipinski definition) is 2. The number of aliphatic hydroxyl groups is 1. The maximum Gasteiger partial charge on any atom is 0.269 e. The number of ether oxygens (including phenoxy) is 1. The Kier molecular flexibility index (Phi) is 5.32. The van der Waals surface area contributed by atoms with E-state index in [0.29, 0.717) is 17.8 Å². The van der Waals surface area contributed by atoms with Crippen molar-refractivity contribution in [1.82, 2.24) is 10.3 Å². The Labute approximate surface area is 124 Å². The van der Waals surface area contributed by atoms with Gasteiger partial charge in [0.05, 0.1) is 0 Å². The number of aliphatic hydroxyl groups excluding tert-OH is 1. The molecule has 1 saturated heterocycles. The molecule has 0 atom stereocenters. The van der Waals surface area contributed by atoms with Crippen molar-refractivity contribution in [3.8, 4) is 11.8 Å². The van der Waals surface area contributed by atoms with Crippen LogP contribution in [0, 0.1) is 17.3 Å². The number of carbonyl (C=O) groups is 1. The second-order valence-electron chi connectivity index (χ2n) is 5.50. The normalized spacial score (nSPS) is 16.7. The molecule has 1 aromatic heterocycles. The lowest BCUT2D eigenvalue weighted by atomic mass is 9.82. The van der Waals surface area contributed by atoms with E-state index in [1.807, 2.05) is 0 Å². The number of aromatic nitrogens is 1. The zero-order valence-electron chi connectivity index (χ0n) is 12.2. The first-order valence-electron chi connectivity index (χ1n) is 7.05. The molecule has 1 aromatic rings. The fourth-order valence-corrected chi connectivity index (χ4v) is 2.17. The molecular weight excluding hydrogens is 268 g/mol. The van der Waals surface area contributed by atoms with Crippen molar-refractivity contribution < 1.29 is 14.6 Å². The molecule has 0 radical (unpaired) electrons. The number of pyridine rings is 1. The van der Waals surface area contributed by atoms with Crippen molar-refractivity contribution in [3.05, 3.63) is 29.6 Å². The van der Waals surface area contributed by atoms with Crippen molar-refractivity contribution in [2.24, 2.45) is 5.41 Å². The third-order valence-electron chi connectivity index (χ3n) is 3.68. The molecule has 2 N–H and O–H groups in total. The van der Waals surface area contributed by atoms with E-state index in [-0.39, 0.29) is 17.9 Å². The molecule has 0 aliphatic carbocycles. The van der Waals surface area contributed by atoms with Gasteiger partial charge in [-0.3, -0.25) is 4.79 Å². The SMILES string of the molecule is CC1(CNC(=O)c2ccc(C#CCO)cn2)CCOCC1. The van der Waals surface area contributed by atoms with E-state index < -0.39 is 0 Å². The summed E-state index contributed by atoms with van der Waals surface area (Å²) in [6, 6.07) is 3.36. The first-order chi connectivity index (χ1) is 10.1. The van der Waals surface area contributed by atoms with Crippen molar-refractivity contribution in [1.29, 1.82) is 0 Å². The van der Waals surface area contributed by atoms with Crippen LogP contribution in [0.2, 0.25) is 0 Å². The lowest BCUT2D eigenvalue weighted by Gasteiger charge is -2.33. The molecule has 1 fully saturated rings. The molecular formula is C16H20N2O3. The van der Waals surface area contributed by atoms with Gasteiger partial charge in [-0.15, -0.1) is 0 Å². The highest BCUT2D eigenvalue weighted by molar-refractivity contribution is 5.92. The van der Waals surface area contributed by atoms with Crippen LogP contribution >= 0.6 is 0 Å². The molecule has 1 amide bonds. The summed E-state index contributed by atoms with van der Waals surface area (Å²) in [5.74, 6) is 5.11. The lowest BCUT2D eigenvalue weighted by molar-refractivity contribution is 0.0238. The van der Waals surface area contributed by atoms with E-state index in [1.54, 1.807) is 12.1 Å². The van der Waals surface area contributed by atoms with Crippen LogP contribution in [0.15, 0.2) is 18.3 Å². The third-order valence-corrected chi connectivity index (χ3v) is 3.68. The summed E-state index contributed by atoms with van der Waals surface area (Å²) in [4.78, 5) is 16.2. The van der Waals surface area contributed by atoms with Gasteiger partial charge < -0.3 is 15.2 Å². The third kappa shape index (κ3) is 4.55. The number of nitrogens with one attached hydrogen (secondary N) is 1. The van der Waals surface area contributed by atoms with Gasteiger partial charge in [-0.05, 0) is 30.4 Å². The summed E-state index contributed by atoms with van der Waals surface area (Å²) in [5, 5.41) is 11.6. The van der Waals surface area contributed by atoms with Crippen LogP contribution in [-0.2, 0) is 4.74 Å². The van der Waals surface area contributed by atoms with E-state index in [0.717, 1.165) is 26.1 Å². The summed E-state index contributed by atoms with van der Waals surface area (Å²) in [5.41, 5.74) is 1.15. The van der Waals surface area contributed by atoms with Crippen molar-refractivity contribution in [2.75, 3.05) is 26.4 Å². The molecule has 0 aromatic carbocycles. The molecule has 0 unspecified atom stereocenters. The summed E-state index contributed by atoms with van der Waals surface area (Å²) >= 11 is 0. The standard InChI is InChI=1S/C16H20N2O3/c1-16(6-9-21-10-7-16)12-18-15(20)14-5-4-13(11-17-14)3-2-8-19/h4-5,11,19H,6-10,12H2,1H3,(H,18,20). The van der Waals surface area contributed by atoms with E-state index in [2.05, 4.69) is 29.1 Å². The molecule has 5 heteroatoms. The Morgan fingerprint density at radius 2 is 2.24 bits per heavy atom. The van der Waals surface area contributed by atoms with Gasteiger partial charge in [-0.2, -0.15) is 0 Å². The van der Waals surface area contributed by atoms with Gasteiger partial charge >= 0.3 is 0 Å². The molecule has 112 valence electrons. The van der Waals surface area contributed by atoms with Gasteiger partial charge in [0.15, 0.2) is 0 Å². The molecule has 1 aliphatic rings. The Morgan fingerprint density at radius 3 is 2.86 bits per heavy atom. The van der Waals surface area contributed by atoms with Crippen LogP contribution in [0.1, 0.15) is 35.8 Å². The second kappa shape index (κ2) is 7.21. The Hall–Kier alpha value is -1.90. The maximum absolute atomic E-state index is 12.1. The van der Waals surface area contributed by atoms with Gasteiger partial charge in [-0.1, -0.05) is 18.8 Å². The number of amides is 1. The average molecular weight is 288 g/mol. The molecule has 5 nitrogen and oxygen atoms in total. The average Bonchev–Trinajstić information content (AvgIpc) is 2.52. The number of nitrogens with zero attached hydrogens (tertiary/aromatic N) is 1. The van der Waals surface area contributed by atoms with Crippen LogP contribution in [0.5, 0.6) is 0 Å².